The maximum atomic E-state index is 12.7. The second-order valence-corrected chi connectivity index (χ2v) is 8.04. The van der Waals surface area contributed by atoms with Crippen LogP contribution in [-0.4, -0.2) is 44.9 Å². The topological polar surface area (TPSA) is 72.2 Å². The van der Waals surface area contributed by atoms with E-state index in [1.54, 1.807) is 11.6 Å². The number of benzene rings is 2. The number of piperidine rings is 1. The number of hydrogen-bond acceptors (Lipinski definition) is 3. The molecule has 1 fully saturated rings. The minimum atomic E-state index is -0.163. The maximum Gasteiger partial charge on any atom is 0.350 e. The normalized spacial score (nSPS) is 16.3. The molecule has 1 aliphatic heterocycles. The van der Waals surface area contributed by atoms with Crippen molar-refractivity contribution in [1.29, 1.82) is 0 Å². The molecular weight excluding hydrogens is 390 g/mol. The van der Waals surface area contributed by atoms with E-state index in [0.717, 1.165) is 43.7 Å². The van der Waals surface area contributed by atoms with Crippen LogP contribution >= 0.6 is 0 Å². The van der Waals surface area contributed by atoms with Gasteiger partial charge in [0.25, 0.3) is 0 Å². The van der Waals surface area contributed by atoms with Gasteiger partial charge in [0, 0.05) is 32.6 Å². The predicted octanol–water partition coefficient (Wildman–Crippen LogP) is 3.09. The lowest BCUT2D eigenvalue weighted by Gasteiger charge is -2.32. The minimum Gasteiger partial charge on any atom is -0.338 e. The molecular formula is C24H29N5O2. The molecule has 7 heteroatoms. The standard InChI is InChI=1S/C24H29N5O2/c1-27-24(31)29(21-14-6-3-7-15-21)22(26-27)20-13-9-17-28(18-20)23(30)25-16-8-12-19-10-4-2-5-11-19/h2-7,10-11,14-15,20H,8-9,12-13,16-18H2,1H3,(H,25,30). The van der Waals surface area contributed by atoms with E-state index in [1.165, 1.54) is 10.2 Å². The van der Waals surface area contributed by atoms with Crippen LogP contribution in [0.3, 0.4) is 0 Å². The first-order valence-electron chi connectivity index (χ1n) is 10.9. The fraction of sp³-hybridized carbons (Fsp3) is 0.375. The summed E-state index contributed by atoms with van der Waals surface area (Å²) in [6, 6.07) is 19.8. The Bertz CT molecular complexity index is 1060. The van der Waals surface area contributed by atoms with Crippen molar-refractivity contribution in [2.24, 2.45) is 7.05 Å². The number of hydrogen-bond donors (Lipinski definition) is 1. The zero-order valence-electron chi connectivity index (χ0n) is 17.9. The Hall–Kier alpha value is -3.35. The van der Waals surface area contributed by atoms with Gasteiger partial charge in [-0.05, 0) is 43.4 Å². The fourth-order valence-corrected chi connectivity index (χ4v) is 4.18. The first-order chi connectivity index (χ1) is 15.1. The molecule has 0 aliphatic carbocycles. The number of likely N-dealkylation sites (tertiary alicyclic amines) is 1. The molecule has 0 saturated carbocycles. The average molecular weight is 420 g/mol. The number of aryl methyl sites for hydroxylation is 2. The highest BCUT2D eigenvalue weighted by Gasteiger charge is 2.29. The highest BCUT2D eigenvalue weighted by molar-refractivity contribution is 5.74. The summed E-state index contributed by atoms with van der Waals surface area (Å²) in [6.45, 7) is 1.93. The molecule has 1 saturated heterocycles. The van der Waals surface area contributed by atoms with Gasteiger partial charge in [-0.2, -0.15) is 5.10 Å². The van der Waals surface area contributed by atoms with Crippen LogP contribution in [0.2, 0.25) is 0 Å². The second kappa shape index (κ2) is 9.64. The number of nitrogens with zero attached hydrogens (tertiary/aromatic N) is 4. The molecule has 0 bridgehead atoms. The maximum absolute atomic E-state index is 12.7. The average Bonchev–Trinajstić information content (AvgIpc) is 3.12. The van der Waals surface area contributed by atoms with Gasteiger partial charge in [-0.25, -0.2) is 18.8 Å². The molecule has 0 spiro atoms. The van der Waals surface area contributed by atoms with Crippen molar-refractivity contribution >= 4 is 6.03 Å². The first kappa shape index (κ1) is 20.9. The summed E-state index contributed by atoms with van der Waals surface area (Å²) in [5, 5.41) is 7.57. The van der Waals surface area contributed by atoms with E-state index in [2.05, 4.69) is 22.5 Å². The lowest BCUT2D eigenvalue weighted by Crippen LogP contribution is -2.45. The van der Waals surface area contributed by atoms with E-state index in [4.69, 9.17) is 0 Å². The molecule has 31 heavy (non-hydrogen) atoms. The van der Waals surface area contributed by atoms with Crippen LogP contribution in [0.4, 0.5) is 4.79 Å². The summed E-state index contributed by atoms with van der Waals surface area (Å²) in [5.74, 6) is 0.748. The van der Waals surface area contributed by atoms with Crippen LogP contribution in [0.5, 0.6) is 0 Å². The molecule has 2 aromatic carbocycles. The molecule has 1 aliphatic rings. The summed E-state index contributed by atoms with van der Waals surface area (Å²) < 4.78 is 3.05. The van der Waals surface area contributed by atoms with Gasteiger partial charge in [-0.15, -0.1) is 0 Å². The summed E-state index contributed by atoms with van der Waals surface area (Å²) in [4.78, 5) is 27.3. The monoisotopic (exact) mass is 419 g/mol. The van der Waals surface area contributed by atoms with Crippen molar-refractivity contribution in [2.45, 2.75) is 31.6 Å². The number of amides is 2. The Kier molecular flexibility index (Phi) is 6.50. The summed E-state index contributed by atoms with van der Waals surface area (Å²) >= 11 is 0. The number of carbonyl (C=O) groups excluding carboxylic acids is 1. The number of rotatable bonds is 6. The Morgan fingerprint density at radius 1 is 1.10 bits per heavy atom. The Morgan fingerprint density at radius 2 is 1.81 bits per heavy atom. The number of nitrogens with one attached hydrogen (secondary N) is 1. The van der Waals surface area contributed by atoms with Gasteiger partial charge in [-0.3, -0.25) is 0 Å². The number of aromatic nitrogens is 3. The Morgan fingerprint density at radius 3 is 2.55 bits per heavy atom. The van der Waals surface area contributed by atoms with Gasteiger partial charge in [0.15, 0.2) is 0 Å². The molecule has 162 valence electrons. The summed E-state index contributed by atoms with van der Waals surface area (Å²) in [6.07, 6.45) is 3.64. The highest BCUT2D eigenvalue weighted by atomic mass is 16.2. The number of para-hydroxylation sites is 1. The van der Waals surface area contributed by atoms with E-state index in [-0.39, 0.29) is 17.6 Å². The zero-order chi connectivity index (χ0) is 21.6. The molecule has 4 rings (SSSR count). The molecule has 0 radical (unpaired) electrons. The van der Waals surface area contributed by atoms with Crippen LogP contribution in [-0.2, 0) is 13.5 Å². The molecule has 7 nitrogen and oxygen atoms in total. The quantitative estimate of drug-likeness (QED) is 0.624. The van der Waals surface area contributed by atoms with Crippen molar-refractivity contribution < 1.29 is 4.79 Å². The molecule has 1 atom stereocenters. The van der Waals surface area contributed by atoms with Gasteiger partial charge < -0.3 is 10.2 Å². The van der Waals surface area contributed by atoms with Crippen molar-refractivity contribution in [2.75, 3.05) is 19.6 Å². The molecule has 1 aromatic heterocycles. The summed E-state index contributed by atoms with van der Waals surface area (Å²) in [5.41, 5.74) is 1.92. The van der Waals surface area contributed by atoms with Crippen molar-refractivity contribution in [3.05, 3.63) is 82.5 Å². The van der Waals surface area contributed by atoms with Crippen molar-refractivity contribution in [1.82, 2.24) is 24.6 Å². The van der Waals surface area contributed by atoms with E-state index in [9.17, 15) is 9.59 Å². The molecule has 1 unspecified atom stereocenters. The largest absolute Gasteiger partial charge is 0.350 e. The van der Waals surface area contributed by atoms with E-state index < -0.39 is 0 Å². The van der Waals surface area contributed by atoms with Gasteiger partial charge >= 0.3 is 11.7 Å². The van der Waals surface area contributed by atoms with Crippen LogP contribution in [0.15, 0.2) is 65.5 Å². The Balaban J connectivity index is 1.39. The van der Waals surface area contributed by atoms with E-state index in [0.29, 0.717) is 13.1 Å². The lowest BCUT2D eigenvalue weighted by atomic mass is 9.97. The Labute approximate surface area is 182 Å². The number of carbonyl (C=O) groups is 1. The highest BCUT2D eigenvalue weighted by Crippen LogP contribution is 2.26. The molecule has 1 N–H and O–H groups in total. The lowest BCUT2D eigenvalue weighted by molar-refractivity contribution is 0.178. The van der Waals surface area contributed by atoms with Gasteiger partial charge in [-0.1, -0.05) is 48.5 Å². The molecule has 2 heterocycles. The van der Waals surface area contributed by atoms with Crippen LogP contribution < -0.4 is 11.0 Å². The SMILES string of the molecule is Cn1nc(C2CCCN(C(=O)NCCCc3ccccc3)C2)n(-c2ccccc2)c1=O. The van der Waals surface area contributed by atoms with E-state index >= 15 is 0 Å². The first-order valence-corrected chi connectivity index (χ1v) is 10.9. The van der Waals surface area contributed by atoms with Gasteiger partial charge in [0.2, 0.25) is 0 Å². The van der Waals surface area contributed by atoms with E-state index in [1.807, 2.05) is 53.4 Å². The van der Waals surface area contributed by atoms with Crippen molar-refractivity contribution in [3.8, 4) is 5.69 Å². The van der Waals surface area contributed by atoms with Crippen molar-refractivity contribution in [3.63, 3.8) is 0 Å². The van der Waals surface area contributed by atoms with Gasteiger partial charge in [0.1, 0.15) is 5.82 Å². The number of urea groups is 1. The van der Waals surface area contributed by atoms with Gasteiger partial charge in [0.05, 0.1) is 5.69 Å². The third-order valence-electron chi connectivity index (χ3n) is 5.80. The third-order valence-corrected chi connectivity index (χ3v) is 5.80. The fourth-order valence-electron chi connectivity index (χ4n) is 4.18. The second-order valence-electron chi connectivity index (χ2n) is 8.04. The summed E-state index contributed by atoms with van der Waals surface area (Å²) in [7, 11) is 1.67. The molecule has 3 aromatic rings. The smallest absolute Gasteiger partial charge is 0.338 e. The molecule has 2 amide bonds. The zero-order valence-corrected chi connectivity index (χ0v) is 17.9. The predicted molar refractivity (Wildman–Crippen MR) is 121 cm³/mol. The van der Waals surface area contributed by atoms with Crippen LogP contribution in [0.25, 0.3) is 5.69 Å². The minimum absolute atomic E-state index is 0.0259. The van der Waals surface area contributed by atoms with Crippen LogP contribution in [0.1, 0.15) is 36.6 Å². The van der Waals surface area contributed by atoms with Crippen LogP contribution in [0, 0.1) is 0 Å². The third kappa shape index (κ3) is 4.87.